The van der Waals surface area contributed by atoms with Crippen molar-refractivity contribution in [1.29, 1.82) is 5.41 Å². The molecule has 1 fully saturated rings. The average Bonchev–Trinajstić information content (AvgIpc) is 2.88. The lowest BCUT2D eigenvalue weighted by Gasteiger charge is -2.32. The van der Waals surface area contributed by atoms with E-state index in [4.69, 9.17) is 17.0 Å². The van der Waals surface area contributed by atoms with Crippen LogP contribution in [0, 0.1) is 11.3 Å². The Kier molecular flexibility index (Phi) is 7.66. The molecule has 1 amide bonds. The van der Waals surface area contributed by atoms with E-state index in [0.29, 0.717) is 46.5 Å². The zero-order chi connectivity index (χ0) is 25.9. The number of amides is 1. The van der Waals surface area contributed by atoms with Crippen molar-refractivity contribution >= 4 is 28.9 Å². The highest BCUT2D eigenvalue weighted by molar-refractivity contribution is 6.34. The topological polar surface area (TPSA) is 115 Å². The molecule has 0 aliphatic carbocycles. The van der Waals surface area contributed by atoms with Crippen LogP contribution in [0.4, 0.5) is 5.69 Å². The number of hydrogen-bond acceptors (Lipinski definition) is 7. The van der Waals surface area contributed by atoms with Gasteiger partial charge in [-0.25, -0.2) is 9.97 Å². The van der Waals surface area contributed by atoms with E-state index < -0.39 is 5.60 Å². The molecule has 188 valence electrons. The first-order chi connectivity index (χ1) is 17.2. The number of rotatable bonds is 7. The molecule has 0 unspecified atom stereocenters. The van der Waals surface area contributed by atoms with Gasteiger partial charge < -0.3 is 15.3 Å². The quantitative estimate of drug-likeness (QED) is 0.411. The van der Waals surface area contributed by atoms with Crippen molar-refractivity contribution in [1.82, 2.24) is 19.9 Å². The third-order valence-electron chi connectivity index (χ3n) is 6.46. The van der Waals surface area contributed by atoms with Crippen molar-refractivity contribution < 1.29 is 9.90 Å². The predicted molar refractivity (Wildman–Crippen MR) is 141 cm³/mol. The van der Waals surface area contributed by atoms with Crippen molar-refractivity contribution in [2.45, 2.75) is 38.7 Å². The molecule has 3 heterocycles. The summed E-state index contributed by atoms with van der Waals surface area (Å²) >= 11 is 6.54. The Balaban J connectivity index is 1.54. The van der Waals surface area contributed by atoms with Gasteiger partial charge in [0.25, 0.3) is 5.91 Å². The second-order valence-electron chi connectivity index (χ2n) is 9.59. The largest absolute Gasteiger partial charge is 0.388 e. The van der Waals surface area contributed by atoms with Crippen LogP contribution < -0.4 is 5.32 Å². The van der Waals surface area contributed by atoms with Gasteiger partial charge in [0.15, 0.2) is 5.82 Å². The molecule has 0 saturated carbocycles. The summed E-state index contributed by atoms with van der Waals surface area (Å²) in [5.74, 6) is 0.556. The Morgan fingerprint density at radius 1 is 1.17 bits per heavy atom. The second-order valence-corrected chi connectivity index (χ2v) is 10.00. The van der Waals surface area contributed by atoms with Gasteiger partial charge in [-0.3, -0.25) is 15.2 Å². The predicted octanol–water partition coefficient (Wildman–Crippen LogP) is 4.31. The minimum absolute atomic E-state index is 0.104. The number of nitrogens with one attached hydrogen (secondary N) is 2. The molecule has 0 bridgehead atoms. The summed E-state index contributed by atoms with van der Waals surface area (Å²) in [6, 6.07) is 10.9. The van der Waals surface area contributed by atoms with Crippen molar-refractivity contribution in [3.63, 3.8) is 0 Å². The van der Waals surface area contributed by atoms with E-state index in [-0.39, 0.29) is 17.4 Å². The van der Waals surface area contributed by atoms with Crippen LogP contribution in [0.3, 0.4) is 0 Å². The van der Waals surface area contributed by atoms with Gasteiger partial charge in [-0.2, -0.15) is 0 Å². The van der Waals surface area contributed by atoms with Gasteiger partial charge >= 0.3 is 0 Å². The Labute approximate surface area is 216 Å². The minimum Gasteiger partial charge on any atom is -0.388 e. The zero-order valence-corrected chi connectivity index (χ0v) is 21.5. The van der Waals surface area contributed by atoms with E-state index in [1.807, 2.05) is 29.3 Å². The summed E-state index contributed by atoms with van der Waals surface area (Å²) in [6.45, 7) is 4.48. The first-order valence-corrected chi connectivity index (χ1v) is 12.4. The maximum absolute atomic E-state index is 13.5. The highest BCUT2D eigenvalue weighted by atomic mass is 35.5. The molecule has 0 atom stereocenters. The third-order valence-corrected chi connectivity index (χ3v) is 6.77. The number of likely N-dealkylation sites (tertiary alicyclic amines) is 1. The Bertz CT molecular complexity index is 1250. The highest BCUT2D eigenvalue weighted by Crippen LogP contribution is 2.30. The fraction of sp³-hybridized carbons (Fsp3) is 0.370. The molecule has 1 aliphatic rings. The molecule has 1 aliphatic heterocycles. The fourth-order valence-corrected chi connectivity index (χ4v) is 4.65. The van der Waals surface area contributed by atoms with Gasteiger partial charge in [-0.1, -0.05) is 17.7 Å². The molecule has 3 N–H and O–H groups in total. The Morgan fingerprint density at radius 3 is 2.56 bits per heavy atom. The Morgan fingerprint density at radius 2 is 1.92 bits per heavy atom. The fourth-order valence-electron chi connectivity index (χ4n) is 4.41. The van der Waals surface area contributed by atoms with Crippen LogP contribution in [-0.4, -0.2) is 56.7 Å². The molecule has 0 radical (unpaired) electrons. The SMILES string of the molecule is CNc1cc(Cl)c(C(=O)N2CCC(Cc3ccccn3)CC2)cc1C(=N)c1ccnc(C(C)(C)O)n1. The smallest absolute Gasteiger partial charge is 0.255 e. The maximum Gasteiger partial charge on any atom is 0.255 e. The number of halogens is 1. The van der Waals surface area contributed by atoms with Crippen LogP contribution in [0.15, 0.2) is 48.8 Å². The van der Waals surface area contributed by atoms with Crippen LogP contribution in [0.2, 0.25) is 5.02 Å². The van der Waals surface area contributed by atoms with Gasteiger partial charge in [0, 0.05) is 49.5 Å². The van der Waals surface area contributed by atoms with Gasteiger partial charge in [-0.05, 0) is 69.4 Å². The molecular weight excluding hydrogens is 476 g/mol. The summed E-state index contributed by atoms with van der Waals surface area (Å²) in [5.41, 5.74) is 1.74. The molecule has 0 spiro atoms. The number of piperidine rings is 1. The molecule has 8 nitrogen and oxygen atoms in total. The van der Waals surface area contributed by atoms with Crippen LogP contribution in [0.25, 0.3) is 0 Å². The van der Waals surface area contributed by atoms with Crippen LogP contribution in [-0.2, 0) is 12.0 Å². The van der Waals surface area contributed by atoms with E-state index >= 15 is 0 Å². The van der Waals surface area contributed by atoms with Gasteiger partial charge in [-0.15, -0.1) is 0 Å². The molecule has 9 heteroatoms. The second kappa shape index (κ2) is 10.7. The first-order valence-electron chi connectivity index (χ1n) is 12.0. The monoisotopic (exact) mass is 506 g/mol. The van der Waals surface area contributed by atoms with E-state index in [9.17, 15) is 9.90 Å². The van der Waals surface area contributed by atoms with E-state index in [0.717, 1.165) is 25.0 Å². The lowest BCUT2D eigenvalue weighted by molar-refractivity contribution is 0.0682. The maximum atomic E-state index is 13.5. The summed E-state index contributed by atoms with van der Waals surface area (Å²) in [5, 5.41) is 22.5. The third kappa shape index (κ3) is 5.71. The number of benzene rings is 1. The highest BCUT2D eigenvalue weighted by Gasteiger charge is 2.27. The molecule has 2 aromatic heterocycles. The van der Waals surface area contributed by atoms with Crippen LogP contribution >= 0.6 is 11.6 Å². The van der Waals surface area contributed by atoms with Crippen molar-refractivity contribution in [2.75, 3.05) is 25.5 Å². The molecule has 1 saturated heterocycles. The average molecular weight is 507 g/mol. The molecule has 4 rings (SSSR count). The molecule has 1 aromatic carbocycles. The standard InChI is InChI=1S/C27H31ClN6O2/c1-27(2,36)26-32-11-7-22(33-26)24(29)20-15-19(21(28)16-23(20)30-3)25(35)34-12-8-17(9-13-34)14-18-6-4-5-10-31-18/h4-7,10-11,15-17,29-30,36H,8-9,12-14H2,1-3H3. The number of carbonyl (C=O) groups is 1. The molecular formula is C27H31ClN6O2. The summed E-state index contributed by atoms with van der Waals surface area (Å²) in [4.78, 5) is 28.2. The van der Waals surface area contributed by atoms with Gasteiger partial charge in [0.2, 0.25) is 0 Å². The van der Waals surface area contributed by atoms with E-state index in [1.165, 1.54) is 6.20 Å². The molecule has 3 aromatic rings. The van der Waals surface area contributed by atoms with Crippen molar-refractivity contribution in [2.24, 2.45) is 5.92 Å². The number of nitrogens with zero attached hydrogens (tertiary/aromatic N) is 4. The molecule has 36 heavy (non-hydrogen) atoms. The van der Waals surface area contributed by atoms with Crippen molar-refractivity contribution in [3.05, 3.63) is 82.2 Å². The summed E-state index contributed by atoms with van der Waals surface area (Å²) in [6.07, 6.45) is 6.04. The minimum atomic E-state index is -1.24. The lowest BCUT2D eigenvalue weighted by atomic mass is 9.91. The van der Waals surface area contributed by atoms with Crippen LogP contribution in [0.1, 0.15) is 59.8 Å². The van der Waals surface area contributed by atoms with E-state index in [2.05, 4.69) is 20.3 Å². The van der Waals surface area contributed by atoms with Crippen LogP contribution in [0.5, 0.6) is 0 Å². The van der Waals surface area contributed by atoms with E-state index in [1.54, 1.807) is 39.1 Å². The normalized spacial score (nSPS) is 14.5. The lowest BCUT2D eigenvalue weighted by Crippen LogP contribution is -2.39. The van der Waals surface area contributed by atoms with Gasteiger partial charge in [0.1, 0.15) is 5.60 Å². The Hall–Kier alpha value is -3.36. The van der Waals surface area contributed by atoms with Crippen molar-refractivity contribution in [3.8, 4) is 0 Å². The zero-order valence-electron chi connectivity index (χ0n) is 20.8. The number of aromatic nitrogens is 3. The summed E-state index contributed by atoms with van der Waals surface area (Å²) in [7, 11) is 1.73. The number of carbonyl (C=O) groups excluding carboxylic acids is 1. The number of aliphatic hydroxyl groups is 1. The number of hydrogen-bond donors (Lipinski definition) is 3. The number of pyridine rings is 1. The van der Waals surface area contributed by atoms with Gasteiger partial charge in [0.05, 0.1) is 22.0 Å². The number of anilines is 1. The first kappa shape index (κ1) is 25.7. The summed E-state index contributed by atoms with van der Waals surface area (Å²) < 4.78 is 0.